The molecule has 9 heteroatoms. The Labute approximate surface area is 142 Å². The topological polar surface area (TPSA) is 80.0 Å². The smallest absolute Gasteiger partial charge is 0.475 e. The summed E-state index contributed by atoms with van der Waals surface area (Å²) in [5.41, 5.74) is 1.40. The van der Waals surface area contributed by atoms with Gasteiger partial charge in [-0.15, -0.1) is 0 Å². The van der Waals surface area contributed by atoms with E-state index in [-0.39, 0.29) is 0 Å². The second-order valence-electron chi connectivity index (χ2n) is 5.64. The van der Waals surface area contributed by atoms with Crippen LogP contribution in [-0.4, -0.2) is 38.6 Å². The van der Waals surface area contributed by atoms with Gasteiger partial charge >= 0.3 is 12.1 Å². The van der Waals surface area contributed by atoms with Crippen molar-refractivity contribution in [2.75, 3.05) is 6.54 Å². The van der Waals surface area contributed by atoms with Gasteiger partial charge in [-0.05, 0) is 24.3 Å². The highest BCUT2D eigenvalue weighted by Crippen LogP contribution is 2.40. The standard InChI is InChI=1S/C14H18N4.C2HF3O2/c1-2-4-12(5-3-1)14(13-6-7-13)16-8-9-18-11-15-10-17-18;3-2(4,5)1(6)7/h1-5,10-11,13-14,16H,6-9H2;(H,6,7). The van der Waals surface area contributed by atoms with Gasteiger partial charge in [0.05, 0.1) is 6.54 Å². The summed E-state index contributed by atoms with van der Waals surface area (Å²) >= 11 is 0. The Kier molecular flexibility index (Phi) is 6.51. The van der Waals surface area contributed by atoms with Crippen LogP contribution in [0.2, 0.25) is 0 Å². The molecule has 1 aromatic carbocycles. The summed E-state index contributed by atoms with van der Waals surface area (Å²) < 4.78 is 33.6. The number of carboxylic acids is 1. The van der Waals surface area contributed by atoms with Crippen LogP contribution in [0.5, 0.6) is 0 Å². The van der Waals surface area contributed by atoms with Gasteiger partial charge in [0.1, 0.15) is 12.7 Å². The maximum Gasteiger partial charge on any atom is 0.490 e. The highest BCUT2D eigenvalue weighted by atomic mass is 19.4. The molecule has 1 aliphatic rings. The maximum absolute atomic E-state index is 10.6. The van der Waals surface area contributed by atoms with E-state index >= 15 is 0 Å². The van der Waals surface area contributed by atoms with Gasteiger partial charge in [-0.2, -0.15) is 18.3 Å². The highest BCUT2D eigenvalue weighted by molar-refractivity contribution is 5.73. The fourth-order valence-electron chi connectivity index (χ4n) is 2.33. The minimum absolute atomic E-state index is 0.495. The summed E-state index contributed by atoms with van der Waals surface area (Å²) in [7, 11) is 0. The predicted octanol–water partition coefficient (Wildman–Crippen LogP) is 2.65. The van der Waals surface area contributed by atoms with Gasteiger partial charge in [0.15, 0.2) is 0 Å². The molecule has 0 bridgehead atoms. The molecular formula is C16H19F3N4O2. The van der Waals surface area contributed by atoms with Crippen LogP contribution in [0, 0.1) is 5.92 Å². The normalized spacial score (nSPS) is 15.2. The molecule has 25 heavy (non-hydrogen) atoms. The van der Waals surface area contributed by atoms with Gasteiger partial charge in [-0.3, -0.25) is 4.68 Å². The predicted molar refractivity (Wildman–Crippen MR) is 83.6 cm³/mol. The van der Waals surface area contributed by atoms with Crippen molar-refractivity contribution in [2.45, 2.75) is 31.6 Å². The van der Waals surface area contributed by atoms with Crippen LogP contribution in [0.3, 0.4) is 0 Å². The molecule has 1 fully saturated rings. The quantitative estimate of drug-likeness (QED) is 0.832. The molecule has 2 N–H and O–H groups in total. The number of carbonyl (C=O) groups is 1. The molecule has 0 radical (unpaired) electrons. The molecule has 0 saturated heterocycles. The Bertz CT molecular complexity index is 643. The maximum atomic E-state index is 10.6. The Morgan fingerprint density at radius 2 is 1.96 bits per heavy atom. The lowest BCUT2D eigenvalue weighted by Gasteiger charge is -2.18. The summed E-state index contributed by atoms with van der Waals surface area (Å²) in [6.07, 6.45) is 0.942. The first kappa shape index (κ1) is 18.9. The Morgan fingerprint density at radius 1 is 1.32 bits per heavy atom. The molecule has 1 aromatic heterocycles. The molecule has 3 rings (SSSR count). The van der Waals surface area contributed by atoms with Gasteiger partial charge < -0.3 is 10.4 Å². The van der Waals surface area contributed by atoms with Crippen molar-refractivity contribution in [1.29, 1.82) is 0 Å². The molecule has 0 spiro atoms. The molecule has 1 aliphatic carbocycles. The third-order valence-electron chi connectivity index (χ3n) is 3.67. The highest BCUT2D eigenvalue weighted by Gasteiger charge is 2.38. The number of benzene rings is 1. The van der Waals surface area contributed by atoms with Crippen molar-refractivity contribution in [1.82, 2.24) is 20.1 Å². The van der Waals surface area contributed by atoms with Gasteiger partial charge in [0, 0.05) is 12.6 Å². The molecule has 1 unspecified atom stereocenters. The van der Waals surface area contributed by atoms with Crippen LogP contribution in [-0.2, 0) is 11.3 Å². The third kappa shape index (κ3) is 6.54. The van der Waals surface area contributed by atoms with Gasteiger partial charge in [-0.25, -0.2) is 9.78 Å². The zero-order valence-electron chi connectivity index (χ0n) is 13.4. The Hall–Kier alpha value is -2.42. The lowest BCUT2D eigenvalue weighted by Crippen LogP contribution is -2.26. The minimum atomic E-state index is -5.08. The number of nitrogens with zero attached hydrogens (tertiary/aromatic N) is 3. The average molecular weight is 356 g/mol. The fourth-order valence-corrected chi connectivity index (χ4v) is 2.33. The Morgan fingerprint density at radius 3 is 2.44 bits per heavy atom. The van der Waals surface area contributed by atoms with Crippen LogP contribution >= 0.6 is 0 Å². The monoisotopic (exact) mass is 356 g/mol. The number of alkyl halides is 3. The summed E-state index contributed by atoms with van der Waals surface area (Å²) in [6.45, 7) is 1.80. The Balaban J connectivity index is 0.000000277. The van der Waals surface area contributed by atoms with E-state index in [9.17, 15) is 13.2 Å². The average Bonchev–Trinajstić information content (AvgIpc) is 3.27. The number of halogens is 3. The van der Waals surface area contributed by atoms with Gasteiger partial charge in [0.25, 0.3) is 0 Å². The van der Waals surface area contributed by atoms with Crippen LogP contribution in [0.15, 0.2) is 43.0 Å². The summed E-state index contributed by atoms with van der Waals surface area (Å²) in [5.74, 6) is -1.95. The first-order valence-corrected chi connectivity index (χ1v) is 7.79. The molecule has 1 heterocycles. The van der Waals surface area contributed by atoms with Gasteiger partial charge in [0.2, 0.25) is 0 Å². The number of carboxylic acid groups (broad SMARTS) is 1. The SMILES string of the molecule is O=C(O)C(F)(F)F.c1ccc(C(NCCn2cncn2)C2CC2)cc1. The number of aromatic nitrogens is 3. The van der Waals surface area contributed by atoms with Crippen LogP contribution in [0.4, 0.5) is 13.2 Å². The molecule has 6 nitrogen and oxygen atoms in total. The van der Waals surface area contributed by atoms with Crippen LogP contribution < -0.4 is 5.32 Å². The first-order valence-electron chi connectivity index (χ1n) is 7.79. The van der Waals surface area contributed by atoms with Crippen LogP contribution in [0.1, 0.15) is 24.4 Å². The zero-order chi connectivity index (χ0) is 18.3. The van der Waals surface area contributed by atoms with Crippen molar-refractivity contribution >= 4 is 5.97 Å². The van der Waals surface area contributed by atoms with Crippen molar-refractivity contribution in [2.24, 2.45) is 5.92 Å². The lowest BCUT2D eigenvalue weighted by molar-refractivity contribution is -0.192. The summed E-state index contributed by atoms with van der Waals surface area (Å²) in [5, 5.41) is 14.9. The number of rotatable bonds is 6. The van der Waals surface area contributed by atoms with E-state index in [1.165, 1.54) is 18.4 Å². The summed E-state index contributed by atoms with van der Waals surface area (Å²) in [6, 6.07) is 11.2. The molecule has 0 aliphatic heterocycles. The lowest BCUT2D eigenvalue weighted by atomic mass is 10.0. The van der Waals surface area contributed by atoms with E-state index < -0.39 is 12.1 Å². The zero-order valence-corrected chi connectivity index (χ0v) is 13.4. The van der Waals surface area contributed by atoms with Crippen LogP contribution in [0.25, 0.3) is 0 Å². The summed E-state index contributed by atoms with van der Waals surface area (Å²) in [4.78, 5) is 12.8. The first-order chi connectivity index (χ1) is 11.9. The van der Waals surface area contributed by atoms with Crippen molar-refractivity contribution in [3.05, 3.63) is 48.5 Å². The molecule has 136 valence electrons. The van der Waals surface area contributed by atoms with Gasteiger partial charge in [-0.1, -0.05) is 30.3 Å². The third-order valence-corrected chi connectivity index (χ3v) is 3.67. The fraction of sp³-hybridized carbons (Fsp3) is 0.438. The molecule has 1 saturated carbocycles. The number of hydrogen-bond acceptors (Lipinski definition) is 4. The minimum Gasteiger partial charge on any atom is -0.475 e. The second-order valence-corrected chi connectivity index (χ2v) is 5.64. The second kappa shape index (κ2) is 8.61. The molecule has 0 amide bonds. The van der Waals surface area contributed by atoms with E-state index in [4.69, 9.17) is 9.90 Å². The van der Waals surface area contributed by atoms with Crippen molar-refractivity contribution in [3.8, 4) is 0 Å². The van der Waals surface area contributed by atoms with E-state index in [1.807, 2.05) is 4.68 Å². The number of aliphatic carboxylic acids is 1. The van der Waals surface area contributed by atoms with E-state index in [1.54, 1.807) is 12.7 Å². The number of nitrogens with one attached hydrogen (secondary N) is 1. The molecular weight excluding hydrogens is 337 g/mol. The molecule has 2 aromatic rings. The molecule has 1 atom stereocenters. The van der Waals surface area contributed by atoms with Crippen molar-refractivity contribution < 1.29 is 23.1 Å². The largest absolute Gasteiger partial charge is 0.490 e. The van der Waals surface area contributed by atoms with E-state index in [0.29, 0.717) is 6.04 Å². The van der Waals surface area contributed by atoms with E-state index in [2.05, 4.69) is 45.7 Å². The van der Waals surface area contributed by atoms with Crippen molar-refractivity contribution in [3.63, 3.8) is 0 Å². The van der Waals surface area contributed by atoms with E-state index in [0.717, 1.165) is 19.0 Å². The number of hydrogen-bond donors (Lipinski definition) is 2.